The Labute approximate surface area is 183 Å². The van der Waals surface area contributed by atoms with Gasteiger partial charge in [-0.15, -0.1) is 10.2 Å². The van der Waals surface area contributed by atoms with Crippen molar-refractivity contribution >= 4 is 11.7 Å². The van der Waals surface area contributed by atoms with E-state index in [1.807, 2.05) is 18.4 Å². The molecule has 0 aliphatic rings. The van der Waals surface area contributed by atoms with Gasteiger partial charge in [0.15, 0.2) is 5.82 Å². The highest BCUT2D eigenvalue weighted by molar-refractivity contribution is 6.04. The molecule has 0 aliphatic heterocycles. The van der Waals surface area contributed by atoms with Crippen molar-refractivity contribution < 1.29 is 13.9 Å². The zero-order chi connectivity index (χ0) is 22.7. The third-order valence-electron chi connectivity index (χ3n) is 4.64. The van der Waals surface area contributed by atoms with E-state index in [1.165, 1.54) is 24.5 Å². The molecule has 162 valence electrons. The highest BCUT2D eigenvalue weighted by atomic mass is 19.1. The lowest BCUT2D eigenvalue weighted by Gasteiger charge is -2.12. The molecule has 0 atom stereocenters. The molecule has 0 saturated carbocycles. The Kier molecular flexibility index (Phi) is 5.84. The summed E-state index contributed by atoms with van der Waals surface area (Å²) >= 11 is 0. The van der Waals surface area contributed by atoms with Crippen LogP contribution in [0.2, 0.25) is 0 Å². The van der Waals surface area contributed by atoms with E-state index in [0.717, 1.165) is 0 Å². The van der Waals surface area contributed by atoms with E-state index >= 15 is 0 Å². The van der Waals surface area contributed by atoms with Crippen LogP contribution >= 0.6 is 0 Å². The van der Waals surface area contributed by atoms with Crippen LogP contribution in [0.1, 0.15) is 35.8 Å². The predicted octanol–water partition coefficient (Wildman–Crippen LogP) is 4.20. The first-order chi connectivity index (χ1) is 15.4. The average Bonchev–Trinajstić information content (AvgIpc) is 3.27. The lowest BCUT2D eigenvalue weighted by molar-refractivity contribution is 0.102. The third kappa shape index (κ3) is 4.43. The predicted molar refractivity (Wildman–Crippen MR) is 115 cm³/mol. The first-order valence-corrected chi connectivity index (χ1v) is 9.85. The molecular formula is C22H20FN7O2. The standard InChI is InChI=1S/C22H20FN7O2/c1-13(2)30-12-26-29-21(30)18-5-4-6-20(27-18)28-22(31)16-10-19(14(3)9-17(16)23)32-15-7-8-24-25-11-15/h4-13H,1-3H3,(H,27,28,31). The van der Waals surface area contributed by atoms with Crippen molar-refractivity contribution in [2.75, 3.05) is 5.32 Å². The zero-order valence-corrected chi connectivity index (χ0v) is 17.7. The van der Waals surface area contributed by atoms with Crippen molar-refractivity contribution in [2.24, 2.45) is 0 Å². The second-order valence-electron chi connectivity index (χ2n) is 7.30. The molecule has 4 rings (SSSR count). The molecule has 0 radical (unpaired) electrons. The van der Waals surface area contributed by atoms with Crippen LogP contribution in [0.3, 0.4) is 0 Å². The van der Waals surface area contributed by atoms with Crippen molar-refractivity contribution in [1.82, 2.24) is 29.9 Å². The fourth-order valence-electron chi connectivity index (χ4n) is 3.02. The topological polar surface area (TPSA) is 108 Å². The van der Waals surface area contributed by atoms with E-state index in [0.29, 0.717) is 28.6 Å². The van der Waals surface area contributed by atoms with Gasteiger partial charge in [0.1, 0.15) is 35.2 Å². The van der Waals surface area contributed by atoms with Gasteiger partial charge < -0.3 is 14.6 Å². The van der Waals surface area contributed by atoms with Gasteiger partial charge in [-0.1, -0.05) is 6.07 Å². The molecule has 0 unspecified atom stereocenters. The van der Waals surface area contributed by atoms with E-state index in [2.05, 4.69) is 30.7 Å². The number of hydrogen-bond acceptors (Lipinski definition) is 7. The van der Waals surface area contributed by atoms with Crippen LogP contribution < -0.4 is 10.1 Å². The lowest BCUT2D eigenvalue weighted by Crippen LogP contribution is -2.15. The monoisotopic (exact) mass is 433 g/mol. The SMILES string of the molecule is Cc1cc(F)c(C(=O)Nc2cccc(-c3nncn3C(C)C)n2)cc1Oc1ccnnc1. The van der Waals surface area contributed by atoms with Crippen molar-refractivity contribution in [3.05, 3.63) is 72.1 Å². The molecule has 9 nitrogen and oxygen atoms in total. The highest BCUT2D eigenvalue weighted by Crippen LogP contribution is 2.28. The first-order valence-electron chi connectivity index (χ1n) is 9.85. The summed E-state index contributed by atoms with van der Waals surface area (Å²) in [7, 11) is 0. The Bertz CT molecular complexity index is 1260. The number of carbonyl (C=O) groups is 1. The van der Waals surface area contributed by atoms with Crippen LogP contribution in [-0.4, -0.2) is 35.9 Å². The molecule has 3 aromatic heterocycles. The summed E-state index contributed by atoms with van der Waals surface area (Å²) in [5.41, 5.74) is 0.891. The summed E-state index contributed by atoms with van der Waals surface area (Å²) in [6, 6.07) is 9.45. The van der Waals surface area contributed by atoms with Gasteiger partial charge in [0.25, 0.3) is 5.91 Å². The Morgan fingerprint density at radius 1 is 1.16 bits per heavy atom. The van der Waals surface area contributed by atoms with Crippen molar-refractivity contribution in [3.8, 4) is 23.0 Å². The summed E-state index contributed by atoms with van der Waals surface area (Å²) in [5.74, 6) is 0.248. The van der Waals surface area contributed by atoms with Gasteiger partial charge in [-0.05, 0) is 50.6 Å². The van der Waals surface area contributed by atoms with Gasteiger partial charge in [-0.3, -0.25) is 4.79 Å². The van der Waals surface area contributed by atoms with Crippen molar-refractivity contribution in [1.29, 1.82) is 0 Å². The van der Waals surface area contributed by atoms with Gasteiger partial charge >= 0.3 is 0 Å². The maximum absolute atomic E-state index is 14.6. The fourth-order valence-corrected chi connectivity index (χ4v) is 3.02. The molecular weight excluding hydrogens is 413 g/mol. The number of carbonyl (C=O) groups excluding carboxylic acids is 1. The number of nitrogens with zero attached hydrogens (tertiary/aromatic N) is 6. The minimum atomic E-state index is -0.670. The summed E-state index contributed by atoms with van der Waals surface area (Å²) in [6.45, 7) is 5.69. The highest BCUT2D eigenvalue weighted by Gasteiger charge is 2.18. The summed E-state index contributed by atoms with van der Waals surface area (Å²) in [5, 5.41) is 18.1. The molecule has 3 heterocycles. The quantitative estimate of drug-likeness (QED) is 0.485. The van der Waals surface area contributed by atoms with E-state index < -0.39 is 11.7 Å². The lowest BCUT2D eigenvalue weighted by atomic mass is 10.1. The van der Waals surface area contributed by atoms with E-state index in [-0.39, 0.29) is 17.4 Å². The third-order valence-corrected chi connectivity index (χ3v) is 4.64. The molecule has 0 aliphatic carbocycles. The summed E-state index contributed by atoms with van der Waals surface area (Å²) in [6.07, 6.45) is 4.52. The molecule has 4 aromatic rings. The van der Waals surface area contributed by atoms with Crippen LogP contribution in [0.5, 0.6) is 11.5 Å². The maximum Gasteiger partial charge on any atom is 0.259 e. The van der Waals surface area contributed by atoms with Crippen LogP contribution in [0.25, 0.3) is 11.5 Å². The molecule has 1 aromatic carbocycles. The summed E-state index contributed by atoms with van der Waals surface area (Å²) < 4.78 is 22.2. The number of amides is 1. The van der Waals surface area contributed by atoms with Crippen LogP contribution in [0.4, 0.5) is 10.2 Å². The second-order valence-corrected chi connectivity index (χ2v) is 7.30. The number of aryl methyl sites for hydroxylation is 1. The van der Waals surface area contributed by atoms with Gasteiger partial charge in [-0.2, -0.15) is 10.2 Å². The van der Waals surface area contributed by atoms with Gasteiger partial charge in [0.2, 0.25) is 0 Å². The molecule has 0 fully saturated rings. The van der Waals surface area contributed by atoms with Crippen LogP contribution in [-0.2, 0) is 0 Å². The molecule has 1 amide bonds. The Balaban J connectivity index is 1.59. The molecule has 0 saturated heterocycles. The van der Waals surface area contributed by atoms with E-state index in [4.69, 9.17) is 4.74 Å². The second kappa shape index (κ2) is 8.88. The number of pyridine rings is 1. The largest absolute Gasteiger partial charge is 0.455 e. The molecule has 0 spiro atoms. The Hall–Kier alpha value is -4.21. The number of anilines is 1. The van der Waals surface area contributed by atoms with Gasteiger partial charge in [-0.25, -0.2) is 9.37 Å². The van der Waals surface area contributed by atoms with Crippen LogP contribution in [0, 0.1) is 12.7 Å². The number of aromatic nitrogens is 6. The zero-order valence-electron chi connectivity index (χ0n) is 17.7. The Morgan fingerprint density at radius 2 is 2.00 bits per heavy atom. The molecule has 32 heavy (non-hydrogen) atoms. The Morgan fingerprint density at radius 3 is 2.75 bits per heavy atom. The maximum atomic E-state index is 14.6. The number of nitrogens with one attached hydrogen (secondary N) is 1. The smallest absolute Gasteiger partial charge is 0.259 e. The van der Waals surface area contributed by atoms with E-state index in [9.17, 15) is 9.18 Å². The van der Waals surface area contributed by atoms with Crippen molar-refractivity contribution in [3.63, 3.8) is 0 Å². The molecule has 1 N–H and O–H groups in total. The minimum absolute atomic E-state index is 0.135. The number of benzene rings is 1. The fraction of sp³-hybridized carbons (Fsp3) is 0.182. The average molecular weight is 433 g/mol. The number of ether oxygens (including phenoxy) is 1. The number of halogens is 1. The van der Waals surface area contributed by atoms with Crippen LogP contribution in [0.15, 0.2) is 55.1 Å². The number of hydrogen-bond donors (Lipinski definition) is 1. The number of rotatable bonds is 6. The molecule has 10 heteroatoms. The van der Waals surface area contributed by atoms with Crippen molar-refractivity contribution in [2.45, 2.75) is 26.8 Å². The van der Waals surface area contributed by atoms with E-state index in [1.54, 1.807) is 37.5 Å². The van der Waals surface area contributed by atoms with Gasteiger partial charge in [0, 0.05) is 12.1 Å². The minimum Gasteiger partial charge on any atom is -0.455 e. The first kappa shape index (κ1) is 21.0. The summed E-state index contributed by atoms with van der Waals surface area (Å²) in [4.78, 5) is 17.3. The molecule has 0 bridgehead atoms. The van der Waals surface area contributed by atoms with Gasteiger partial charge in [0.05, 0.1) is 18.0 Å². The normalized spacial score (nSPS) is 10.9.